The van der Waals surface area contributed by atoms with Crippen LogP contribution >= 0.6 is 0 Å². The zero-order valence-corrected chi connectivity index (χ0v) is 56.1. The summed E-state index contributed by atoms with van der Waals surface area (Å²) in [4.78, 5) is 38.5. The van der Waals surface area contributed by atoms with E-state index in [1.54, 1.807) is 0 Å². The van der Waals surface area contributed by atoms with E-state index in [-0.39, 0.29) is 31.1 Å². The summed E-state index contributed by atoms with van der Waals surface area (Å²) in [5.74, 6) is -0.832. The maximum atomic E-state index is 13.0. The lowest BCUT2D eigenvalue weighted by Gasteiger charge is -2.18. The van der Waals surface area contributed by atoms with Gasteiger partial charge in [-0.25, -0.2) is 0 Å². The molecule has 0 rings (SSSR count). The summed E-state index contributed by atoms with van der Waals surface area (Å²) in [5, 5.41) is 0. The minimum atomic E-state index is -0.769. The van der Waals surface area contributed by atoms with Gasteiger partial charge in [-0.15, -0.1) is 0 Å². The predicted octanol–water partition coefficient (Wildman–Crippen LogP) is 26.0. The summed E-state index contributed by atoms with van der Waals surface area (Å²) < 4.78 is 17.0. The van der Waals surface area contributed by atoms with Crippen LogP contribution < -0.4 is 0 Å². The normalized spacial score (nSPS) is 12.0. The quantitative estimate of drug-likeness (QED) is 0.0261. The Morgan fingerprint density at radius 2 is 0.402 bits per heavy atom. The molecule has 0 fully saturated rings. The maximum absolute atomic E-state index is 13.0. The summed E-state index contributed by atoms with van der Waals surface area (Å²) in [5.41, 5.74) is 0. The Bertz CT molecular complexity index is 1280. The first kappa shape index (κ1) is 80.2. The summed E-state index contributed by atoms with van der Waals surface area (Å²) in [7, 11) is 0. The number of hydrogen-bond acceptors (Lipinski definition) is 6. The molecule has 0 heterocycles. The number of unbranched alkanes of at least 4 members (excludes halogenated alkanes) is 58. The van der Waals surface area contributed by atoms with Crippen LogP contribution in [0.4, 0.5) is 0 Å². The average molecular weight is 1160 g/mol. The molecule has 0 spiro atoms. The molecule has 486 valence electrons. The van der Waals surface area contributed by atoms with Crippen molar-refractivity contribution in [2.24, 2.45) is 0 Å². The van der Waals surface area contributed by atoms with Crippen LogP contribution in [0.25, 0.3) is 0 Å². The average Bonchev–Trinajstić information content (AvgIpc) is 3.47. The van der Waals surface area contributed by atoms with Crippen LogP contribution in [-0.4, -0.2) is 37.2 Å². The molecule has 0 aromatic heterocycles. The number of ether oxygens (including phenoxy) is 3. The molecular formula is C76H146O6. The van der Waals surface area contributed by atoms with E-state index in [1.807, 2.05) is 0 Å². The summed E-state index contributed by atoms with van der Waals surface area (Å²) in [6.45, 7) is 6.73. The van der Waals surface area contributed by atoms with Gasteiger partial charge in [0.25, 0.3) is 0 Å². The molecule has 0 aliphatic rings. The number of carbonyl (C=O) groups excluding carboxylic acids is 3. The van der Waals surface area contributed by atoms with E-state index in [0.29, 0.717) is 19.3 Å². The van der Waals surface area contributed by atoms with Crippen molar-refractivity contribution in [2.75, 3.05) is 13.2 Å². The first-order chi connectivity index (χ1) is 40.5. The van der Waals surface area contributed by atoms with E-state index in [1.165, 1.54) is 340 Å². The fourth-order valence-electron chi connectivity index (χ4n) is 11.9. The highest BCUT2D eigenvalue weighted by Gasteiger charge is 2.20. The topological polar surface area (TPSA) is 78.9 Å². The number of hydrogen-bond donors (Lipinski definition) is 0. The third-order valence-corrected chi connectivity index (χ3v) is 17.5. The smallest absolute Gasteiger partial charge is 0.306 e. The van der Waals surface area contributed by atoms with Crippen LogP contribution in [0.3, 0.4) is 0 Å². The molecule has 0 aromatic rings. The van der Waals surface area contributed by atoms with Crippen molar-refractivity contribution in [3.05, 3.63) is 12.2 Å². The van der Waals surface area contributed by atoms with E-state index in [4.69, 9.17) is 14.2 Å². The maximum Gasteiger partial charge on any atom is 0.306 e. The summed E-state index contributed by atoms with van der Waals surface area (Å²) in [6.07, 6.45) is 86.9. The van der Waals surface area contributed by atoms with Crippen molar-refractivity contribution in [1.82, 2.24) is 0 Å². The molecule has 0 aromatic carbocycles. The van der Waals surface area contributed by atoms with Gasteiger partial charge in [0.05, 0.1) is 0 Å². The molecule has 0 saturated heterocycles. The van der Waals surface area contributed by atoms with Crippen molar-refractivity contribution >= 4 is 17.9 Å². The first-order valence-electron chi connectivity index (χ1n) is 37.7. The Kier molecular flexibility index (Phi) is 70.0. The lowest BCUT2D eigenvalue weighted by molar-refractivity contribution is -0.167. The number of carbonyl (C=O) groups is 3. The Balaban J connectivity index is 4.14. The zero-order chi connectivity index (χ0) is 59.2. The Morgan fingerprint density at radius 3 is 0.610 bits per heavy atom. The minimum Gasteiger partial charge on any atom is -0.462 e. The lowest BCUT2D eigenvalue weighted by atomic mass is 10.0. The molecule has 0 aliphatic heterocycles. The van der Waals surface area contributed by atoms with Crippen LogP contribution in [-0.2, 0) is 28.6 Å². The van der Waals surface area contributed by atoms with Crippen LogP contribution in [0.1, 0.15) is 438 Å². The van der Waals surface area contributed by atoms with Crippen molar-refractivity contribution in [2.45, 2.75) is 444 Å². The molecule has 0 amide bonds. The molecule has 0 saturated carbocycles. The second-order valence-corrected chi connectivity index (χ2v) is 25.9. The Labute approximate surface area is 513 Å². The number of allylic oxidation sites excluding steroid dienone is 2. The van der Waals surface area contributed by atoms with Gasteiger partial charge in [-0.05, 0) is 44.9 Å². The Morgan fingerprint density at radius 1 is 0.232 bits per heavy atom. The van der Waals surface area contributed by atoms with Gasteiger partial charge in [0.2, 0.25) is 0 Å². The van der Waals surface area contributed by atoms with E-state index >= 15 is 0 Å². The highest BCUT2D eigenvalue weighted by atomic mass is 16.6. The van der Waals surface area contributed by atoms with Crippen LogP contribution in [0, 0.1) is 0 Å². The number of rotatable bonds is 71. The molecule has 0 N–H and O–H groups in total. The second kappa shape index (κ2) is 71.6. The highest BCUT2D eigenvalue weighted by molar-refractivity contribution is 5.71. The molecular weight excluding hydrogens is 1010 g/mol. The fraction of sp³-hybridized carbons (Fsp3) is 0.934. The predicted molar refractivity (Wildman–Crippen MR) is 358 cm³/mol. The largest absolute Gasteiger partial charge is 0.462 e. The van der Waals surface area contributed by atoms with Crippen molar-refractivity contribution in [3.8, 4) is 0 Å². The van der Waals surface area contributed by atoms with E-state index in [2.05, 4.69) is 32.9 Å². The van der Waals surface area contributed by atoms with Crippen molar-refractivity contribution in [3.63, 3.8) is 0 Å². The SMILES string of the molecule is CCCCCCCCC/C=C\CCCCCCCCCC(=O)OC(COC(=O)CCCCCCCCCCCCCCCCC)COC(=O)CCCCCCCCCCCCCCCCCCCCCCCCCCCCCCCCC. The fourth-order valence-corrected chi connectivity index (χ4v) is 11.9. The van der Waals surface area contributed by atoms with Crippen LogP contribution in [0.5, 0.6) is 0 Å². The standard InChI is InChI=1S/C76H146O6/c1-4-7-10-13-16-19-22-25-28-30-32-33-34-35-36-37-38-39-40-41-42-43-44-46-48-51-54-57-60-63-66-69-75(78)81-72-73(71-80-74(77)68-65-62-59-56-53-50-47-27-24-21-18-15-12-9-6-3)82-76(79)70-67-64-61-58-55-52-49-45-31-29-26-23-20-17-14-11-8-5-2/h29,31,73H,4-28,30,32-72H2,1-3H3/b31-29-. The monoisotopic (exact) mass is 1160 g/mol. The zero-order valence-electron chi connectivity index (χ0n) is 56.1. The lowest BCUT2D eigenvalue weighted by Crippen LogP contribution is -2.30. The van der Waals surface area contributed by atoms with Crippen LogP contribution in [0.15, 0.2) is 12.2 Å². The molecule has 0 radical (unpaired) electrons. The van der Waals surface area contributed by atoms with Crippen molar-refractivity contribution in [1.29, 1.82) is 0 Å². The van der Waals surface area contributed by atoms with Gasteiger partial charge in [0.15, 0.2) is 6.10 Å². The summed E-state index contributed by atoms with van der Waals surface area (Å²) in [6, 6.07) is 0. The van der Waals surface area contributed by atoms with E-state index in [9.17, 15) is 14.4 Å². The van der Waals surface area contributed by atoms with Gasteiger partial charge < -0.3 is 14.2 Å². The minimum absolute atomic E-state index is 0.0647. The third kappa shape index (κ3) is 68.9. The van der Waals surface area contributed by atoms with Gasteiger partial charge in [0.1, 0.15) is 13.2 Å². The molecule has 82 heavy (non-hydrogen) atoms. The van der Waals surface area contributed by atoms with E-state index < -0.39 is 6.10 Å². The van der Waals surface area contributed by atoms with Gasteiger partial charge in [-0.1, -0.05) is 386 Å². The van der Waals surface area contributed by atoms with Crippen molar-refractivity contribution < 1.29 is 28.6 Å². The van der Waals surface area contributed by atoms with Gasteiger partial charge in [-0.3, -0.25) is 14.4 Å². The Hall–Kier alpha value is -1.85. The van der Waals surface area contributed by atoms with Gasteiger partial charge in [0, 0.05) is 19.3 Å². The molecule has 0 aliphatic carbocycles. The third-order valence-electron chi connectivity index (χ3n) is 17.5. The van der Waals surface area contributed by atoms with Gasteiger partial charge in [-0.2, -0.15) is 0 Å². The second-order valence-electron chi connectivity index (χ2n) is 25.9. The number of esters is 3. The van der Waals surface area contributed by atoms with E-state index in [0.717, 1.165) is 57.8 Å². The summed E-state index contributed by atoms with van der Waals surface area (Å²) >= 11 is 0. The molecule has 6 nitrogen and oxygen atoms in total. The molecule has 0 bridgehead atoms. The molecule has 1 unspecified atom stereocenters. The molecule has 1 atom stereocenters. The van der Waals surface area contributed by atoms with Gasteiger partial charge >= 0.3 is 17.9 Å². The molecule has 6 heteroatoms. The first-order valence-corrected chi connectivity index (χ1v) is 37.7. The van der Waals surface area contributed by atoms with Crippen LogP contribution in [0.2, 0.25) is 0 Å². The highest BCUT2D eigenvalue weighted by Crippen LogP contribution is 2.20.